The van der Waals surface area contributed by atoms with Gasteiger partial charge >= 0.3 is 6.18 Å². The average Bonchev–Trinajstić information content (AvgIpc) is 2.53. The third kappa shape index (κ3) is 3.92. The summed E-state index contributed by atoms with van der Waals surface area (Å²) in [4.78, 5) is 1.51. The summed E-state index contributed by atoms with van der Waals surface area (Å²) in [6.07, 6.45) is -0.198. The van der Waals surface area contributed by atoms with Gasteiger partial charge in [-0.3, -0.25) is 4.90 Å². The van der Waals surface area contributed by atoms with Crippen LogP contribution < -0.4 is 0 Å². The van der Waals surface area contributed by atoms with E-state index in [-0.39, 0.29) is 31.1 Å². The van der Waals surface area contributed by atoms with Crippen molar-refractivity contribution >= 4 is 10.0 Å². The molecule has 8 heteroatoms. The molecule has 0 aromatic heterocycles. The van der Waals surface area contributed by atoms with Crippen LogP contribution in [0.1, 0.15) is 24.0 Å². The Balaban J connectivity index is 1.70. The van der Waals surface area contributed by atoms with E-state index in [2.05, 4.69) is 0 Å². The molecule has 0 N–H and O–H groups in total. The summed E-state index contributed by atoms with van der Waals surface area (Å²) in [7, 11) is -3.64. The zero-order valence-electron chi connectivity index (χ0n) is 13.3. The molecule has 0 amide bonds. The number of halogens is 3. The summed E-state index contributed by atoms with van der Waals surface area (Å²) in [5, 5.41) is 0. The van der Waals surface area contributed by atoms with Gasteiger partial charge in [0.1, 0.15) is 0 Å². The van der Waals surface area contributed by atoms with Crippen LogP contribution >= 0.6 is 0 Å². The van der Waals surface area contributed by atoms with E-state index in [1.54, 1.807) is 12.1 Å². The number of hydrogen-bond donors (Lipinski definition) is 0. The van der Waals surface area contributed by atoms with E-state index in [1.165, 1.54) is 14.8 Å². The lowest BCUT2D eigenvalue weighted by molar-refractivity contribution is -0.148. The highest BCUT2D eigenvalue weighted by atomic mass is 32.2. The molecule has 1 fully saturated rings. The molecule has 0 bridgehead atoms. The summed E-state index contributed by atoms with van der Waals surface area (Å²) < 4.78 is 64.1. The number of nitrogens with zero attached hydrogens (tertiary/aromatic N) is 2. The van der Waals surface area contributed by atoms with Crippen LogP contribution in [0.3, 0.4) is 0 Å². The molecule has 1 aliphatic heterocycles. The minimum Gasteiger partial charge on any atom is -0.292 e. The Morgan fingerprint density at radius 2 is 1.58 bits per heavy atom. The van der Waals surface area contributed by atoms with Crippen LogP contribution in [0.5, 0.6) is 0 Å². The number of alkyl halides is 3. The first kappa shape index (κ1) is 17.7. The Kier molecular flexibility index (Phi) is 4.90. The SMILES string of the molecule is O=S(=O)(c1ccc2c(c1)CCCC2)N1CCN(CC(F)(F)F)CC1. The fourth-order valence-electron chi connectivity index (χ4n) is 3.40. The second-order valence-corrected chi connectivity index (χ2v) is 8.37. The molecule has 1 aliphatic carbocycles. The largest absolute Gasteiger partial charge is 0.401 e. The Bertz CT molecular complexity index is 696. The monoisotopic (exact) mass is 362 g/mol. The zero-order chi connectivity index (χ0) is 17.4. The molecule has 0 saturated carbocycles. The second-order valence-electron chi connectivity index (χ2n) is 6.43. The van der Waals surface area contributed by atoms with Gasteiger partial charge in [-0.15, -0.1) is 0 Å². The Labute approximate surface area is 140 Å². The molecule has 0 spiro atoms. The van der Waals surface area contributed by atoms with Crippen molar-refractivity contribution in [2.24, 2.45) is 0 Å². The first-order valence-electron chi connectivity index (χ1n) is 8.17. The van der Waals surface area contributed by atoms with Gasteiger partial charge in [0, 0.05) is 26.2 Å². The van der Waals surface area contributed by atoms with Crippen molar-refractivity contribution in [3.63, 3.8) is 0 Å². The number of benzene rings is 1. The fraction of sp³-hybridized carbons (Fsp3) is 0.625. The standard InChI is InChI=1S/C16H21F3N2O2S/c17-16(18,19)12-20-7-9-21(10-8-20)24(22,23)15-6-5-13-3-1-2-4-14(13)11-15/h5-6,11H,1-4,7-10,12H2. The minimum atomic E-state index is -4.25. The van der Waals surface area contributed by atoms with Gasteiger partial charge in [-0.25, -0.2) is 8.42 Å². The molecule has 134 valence electrons. The molecular formula is C16H21F3N2O2S. The summed E-state index contributed by atoms with van der Waals surface area (Å²) >= 11 is 0. The smallest absolute Gasteiger partial charge is 0.292 e. The van der Waals surface area contributed by atoms with E-state index in [9.17, 15) is 21.6 Å². The van der Waals surface area contributed by atoms with Gasteiger partial charge in [0.05, 0.1) is 11.4 Å². The second kappa shape index (κ2) is 6.65. The van der Waals surface area contributed by atoms with E-state index in [4.69, 9.17) is 0 Å². The van der Waals surface area contributed by atoms with Crippen LogP contribution in [0.2, 0.25) is 0 Å². The van der Waals surface area contributed by atoms with Gasteiger partial charge in [0.15, 0.2) is 0 Å². The van der Waals surface area contributed by atoms with Gasteiger partial charge in [0.25, 0.3) is 0 Å². The van der Waals surface area contributed by atoms with Crippen LogP contribution in [0, 0.1) is 0 Å². The van der Waals surface area contributed by atoms with Crippen molar-refractivity contribution in [3.05, 3.63) is 29.3 Å². The summed E-state index contributed by atoms with van der Waals surface area (Å²) in [6, 6.07) is 5.24. The molecule has 4 nitrogen and oxygen atoms in total. The lowest BCUT2D eigenvalue weighted by Crippen LogP contribution is -2.50. The molecule has 3 rings (SSSR count). The normalized spacial score (nSPS) is 20.8. The van der Waals surface area contributed by atoms with Gasteiger partial charge in [-0.05, 0) is 48.9 Å². The summed E-state index contributed by atoms with van der Waals surface area (Å²) in [5.74, 6) is 0. The molecule has 24 heavy (non-hydrogen) atoms. The first-order valence-corrected chi connectivity index (χ1v) is 9.61. The molecule has 1 heterocycles. The van der Waals surface area contributed by atoms with Crippen LogP contribution in [-0.4, -0.2) is 56.5 Å². The molecule has 2 aliphatic rings. The summed E-state index contributed by atoms with van der Waals surface area (Å²) in [5.41, 5.74) is 2.29. The van der Waals surface area contributed by atoms with E-state index < -0.39 is 22.7 Å². The van der Waals surface area contributed by atoms with Gasteiger partial charge in [0.2, 0.25) is 10.0 Å². The van der Waals surface area contributed by atoms with Gasteiger partial charge in [-0.2, -0.15) is 17.5 Å². The molecular weight excluding hydrogens is 341 g/mol. The maximum atomic E-state index is 12.8. The van der Waals surface area contributed by atoms with E-state index in [0.717, 1.165) is 31.2 Å². The number of fused-ring (bicyclic) bond motifs is 1. The van der Waals surface area contributed by atoms with Crippen molar-refractivity contribution in [1.82, 2.24) is 9.21 Å². The maximum absolute atomic E-state index is 12.8. The van der Waals surface area contributed by atoms with Crippen LogP contribution in [-0.2, 0) is 22.9 Å². The molecule has 0 radical (unpaired) electrons. The number of hydrogen-bond acceptors (Lipinski definition) is 3. The number of sulfonamides is 1. The average molecular weight is 362 g/mol. The van der Waals surface area contributed by atoms with Crippen LogP contribution in [0.15, 0.2) is 23.1 Å². The van der Waals surface area contributed by atoms with Crippen LogP contribution in [0.25, 0.3) is 0 Å². The Hall–Kier alpha value is -1.12. The predicted molar refractivity (Wildman–Crippen MR) is 84.3 cm³/mol. The van der Waals surface area contributed by atoms with E-state index >= 15 is 0 Å². The third-order valence-electron chi connectivity index (χ3n) is 4.69. The predicted octanol–water partition coefficient (Wildman–Crippen LogP) is 2.43. The highest BCUT2D eigenvalue weighted by Gasteiger charge is 2.35. The van der Waals surface area contributed by atoms with E-state index in [1.807, 2.05) is 6.07 Å². The topological polar surface area (TPSA) is 40.6 Å². The lowest BCUT2D eigenvalue weighted by atomic mass is 9.92. The molecule has 1 aromatic rings. The van der Waals surface area contributed by atoms with Crippen molar-refractivity contribution in [2.75, 3.05) is 32.7 Å². The van der Waals surface area contributed by atoms with Gasteiger partial charge in [-0.1, -0.05) is 6.07 Å². The fourth-order valence-corrected chi connectivity index (χ4v) is 4.87. The number of aryl methyl sites for hydroxylation is 2. The van der Waals surface area contributed by atoms with E-state index in [0.29, 0.717) is 0 Å². The number of rotatable bonds is 3. The molecule has 1 saturated heterocycles. The minimum absolute atomic E-state index is 0.0928. The number of piperazine rings is 1. The highest BCUT2D eigenvalue weighted by molar-refractivity contribution is 7.89. The quantitative estimate of drug-likeness (QED) is 0.829. The third-order valence-corrected chi connectivity index (χ3v) is 6.59. The zero-order valence-corrected chi connectivity index (χ0v) is 14.2. The Morgan fingerprint density at radius 3 is 2.21 bits per heavy atom. The van der Waals surface area contributed by atoms with Crippen molar-refractivity contribution in [3.8, 4) is 0 Å². The first-order chi connectivity index (χ1) is 11.3. The molecule has 0 atom stereocenters. The Morgan fingerprint density at radius 1 is 0.958 bits per heavy atom. The highest BCUT2D eigenvalue weighted by Crippen LogP contribution is 2.26. The lowest BCUT2D eigenvalue weighted by Gasteiger charge is -2.34. The molecule has 1 aromatic carbocycles. The molecule has 0 unspecified atom stereocenters. The van der Waals surface area contributed by atoms with Crippen molar-refractivity contribution in [1.29, 1.82) is 0 Å². The maximum Gasteiger partial charge on any atom is 0.401 e. The van der Waals surface area contributed by atoms with Crippen LogP contribution in [0.4, 0.5) is 13.2 Å². The van der Waals surface area contributed by atoms with Crippen molar-refractivity contribution < 1.29 is 21.6 Å². The van der Waals surface area contributed by atoms with Gasteiger partial charge < -0.3 is 0 Å². The summed E-state index contributed by atoms with van der Waals surface area (Å²) in [6.45, 7) is -0.599. The van der Waals surface area contributed by atoms with Crippen molar-refractivity contribution in [2.45, 2.75) is 36.8 Å².